The largest absolute Gasteiger partial charge is 0.325 e. The molecule has 9 heteroatoms. The number of hydrogen-bond donors (Lipinski definition) is 1. The lowest BCUT2D eigenvalue weighted by atomic mass is 10.2. The Balaban J connectivity index is 1.80. The number of halogens is 3. The topological polar surface area (TPSA) is 61.8 Å². The maximum absolute atomic E-state index is 12.6. The highest BCUT2D eigenvalue weighted by Gasteiger charge is 2.34. The molecule has 1 unspecified atom stereocenters. The number of amides is 2. The molecule has 0 bridgehead atoms. The van der Waals surface area contributed by atoms with Crippen molar-refractivity contribution in [1.29, 1.82) is 0 Å². The number of thioether (sulfide) groups is 1. The Morgan fingerprint density at radius 2 is 1.85 bits per heavy atom. The van der Waals surface area contributed by atoms with Crippen molar-refractivity contribution in [2.75, 3.05) is 12.4 Å². The molecule has 1 saturated heterocycles. The van der Waals surface area contributed by atoms with Crippen LogP contribution in [0.3, 0.4) is 0 Å². The fourth-order valence-electron chi connectivity index (χ4n) is 2.40. The van der Waals surface area contributed by atoms with E-state index in [0.717, 1.165) is 0 Å². The van der Waals surface area contributed by atoms with Gasteiger partial charge in [0.15, 0.2) is 5.17 Å². The number of hydrogen-bond acceptors (Lipinski definition) is 4. The molecule has 0 radical (unpaired) electrons. The minimum Gasteiger partial charge on any atom is -0.325 e. The highest BCUT2D eigenvalue weighted by molar-refractivity contribution is 8.15. The second-order valence-electron chi connectivity index (χ2n) is 5.78. The van der Waals surface area contributed by atoms with Crippen LogP contribution < -0.4 is 5.32 Å². The first-order valence-electron chi connectivity index (χ1n) is 7.86. The first-order chi connectivity index (χ1) is 12.8. The number of nitrogens with zero attached hydrogens (tertiary/aromatic N) is 2. The maximum atomic E-state index is 12.6. The van der Waals surface area contributed by atoms with Crippen molar-refractivity contribution < 1.29 is 9.59 Å². The van der Waals surface area contributed by atoms with Gasteiger partial charge in [0.05, 0.1) is 5.69 Å². The van der Waals surface area contributed by atoms with E-state index in [1.54, 1.807) is 49.5 Å². The molecule has 1 fully saturated rings. The van der Waals surface area contributed by atoms with Gasteiger partial charge in [-0.1, -0.05) is 52.6 Å². The normalized spacial score (nSPS) is 18.7. The van der Waals surface area contributed by atoms with E-state index >= 15 is 0 Å². The predicted octanol–water partition coefficient (Wildman–Crippen LogP) is 5.24. The molecule has 0 spiro atoms. The van der Waals surface area contributed by atoms with Gasteiger partial charge in [0.2, 0.25) is 11.8 Å². The standard InChI is InChI=1S/C18H14Cl3N3O2S/c1-24-16(25)9-15(17(26)22-14-7-11(20)5-12(21)8-14)27-18(24)23-13-4-2-3-10(19)6-13/h2-8,15H,9H2,1H3,(H,22,26). The highest BCUT2D eigenvalue weighted by Crippen LogP contribution is 2.30. The van der Waals surface area contributed by atoms with E-state index in [0.29, 0.717) is 31.6 Å². The SMILES string of the molecule is CN1C(=O)CC(C(=O)Nc2cc(Cl)cc(Cl)c2)SC1=Nc1cccc(Cl)c1. The number of carbonyl (C=O) groups is 2. The van der Waals surface area contributed by atoms with Gasteiger partial charge in [-0.05, 0) is 36.4 Å². The Kier molecular flexibility index (Phi) is 6.32. The molecular formula is C18H14Cl3N3O2S. The van der Waals surface area contributed by atoms with Crippen LogP contribution in [0.15, 0.2) is 47.5 Å². The summed E-state index contributed by atoms with van der Waals surface area (Å²) < 4.78 is 0. The summed E-state index contributed by atoms with van der Waals surface area (Å²) >= 11 is 19.1. The quantitative estimate of drug-likeness (QED) is 0.707. The Morgan fingerprint density at radius 3 is 2.52 bits per heavy atom. The van der Waals surface area contributed by atoms with Crippen molar-refractivity contribution in [2.24, 2.45) is 4.99 Å². The van der Waals surface area contributed by atoms with E-state index in [9.17, 15) is 9.59 Å². The van der Waals surface area contributed by atoms with Gasteiger partial charge in [-0.3, -0.25) is 14.5 Å². The summed E-state index contributed by atoms with van der Waals surface area (Å²) in [5.41, 5.74) is 1.07. The molecule has 5 nitrogen and oxygen atoms in total. The molecule has 0 aromatic heterocycles. The summed E-state index contributed by atoms with van der Waals surface area (Å²) in [6.45, 7) is 0. The molecule has 140 valence electrons. The summed E-state index contributed by atoms with van der Waals surface area (Å²) in [5, 5.41) is 3.92. The monoisotopic (exact) mass is 441 g/mol. The number of rotatable bonds is 3. The maximum Gasteiger partial charge on any atom is 0.238 e. The minimum atomic E-state index is -0.621. The van der Waals surface area contributed by atoms with E-state index in [2.05, 4.69) is 10.3 Å². The Hall–Kier alpha value is -1.73. The molecule has 1 atom stereocenters. The summed E-state index contributed by atoms with van der Waals surface area (Å²) in [5.74, 6) is -0.516. The lowest BCUT2D eigenvalue weighted by molar-refractivity contribution is -0.128. The van der Waals surface area contributed by atoms with Crippen LogP contribution in [0.5, 0.6) is 0 Å². The third-order valence-electron chi connectivity index (χ3n) is 3.72. The van der Waals surface area contributed by atoms with E-state index in [1.165, 1.54) is 16.7 Å². The summed E-state index contributed by atoms with van der Waals surface area (Å²) in [6.07, 6.45) is 0.0653. The average molecular weight is 443 g/mol. The molecule has 1 aliphatic rings. The fourth-order valence-corrected chi connectivity index (χ4v) is 4.18. The molecule has 27 heavy (non-hydrogen) atoms. The first kappa shape index (κ1) is 20.0. The van der Waals surface area contributed by atoms with Crippen molar-refractivity contribution in [1.82, 2.24) is 4.90 Å². The van der Waals surface area contributed by atoms with Gasteiger partial charge in [-0.15, -0.1) is 0 Å². The number of nitrogens with one attached hydrogen (secondary N) is 1. The average Bonchev–Trinajstić information content (AvgIpc) is 2.57. The van der Waals surface area contributed by atoms with Crippen molar-refractivity contribution in [3.8, 4) is 0 Å². The molecule has 2 amide bonds. The Labute approximate surface area is 175 Å². The second-order valence-corrected chi connectivity index (χ2v) is 8.26. The van der Waals surface area contributed by atoms with Gasteiger partial charge in [0, 0.05) is 34.2 Å². The van der Waals surface area contributed by atoms with Gasteiger partial charge in [-0.2, -0.15) is 0 Å². The smallest absolute Gasteiger partial charge is 0.238 e. The zero-order valence-electron chi connectivity index (χ0n) is 14.1. The molecule has 3 rings (SSSR count). The number of carbonyl (C=O) groups excluding carboxylic acids is 2. The van der Waals surface area contributed by atoms with Gasteiger partial charge >= 0.3 is 0 Å². The number of aliphatic imine (C=N–C) groups is 1. The zero-order valence-corrected chi connectivity index (χ0v) is 17.2. The van der Waals surface area contributed by atoms with Gasteiger partial charge < -0.3 is 5.32 Å². The van der Waals surface area contributed by atoms with Crippen LogP contribution in [0.4, 0.5) is 11.4 Å². The van der Waals surface area contributed by atoms with Crippen molar-refractivity contribution in [3.05, 3.63) is 57.5 Å². The molecule has 2 aromatic carbocycles. The van der Waals surface area contributed by atoms with Crippen LogP contribution >= 0.6 is 46.6 Å². The van der Waals surface area contributed by atoms with Crippen LogP contribution in [0.1, 0.15) is 6.42 Å². The number of benzene rings is 2. The molecule has 1 N–H and O–H groups in total. The predicted molar refractivity (Wildman–Crippen MR) is 112 cm³/mol. The summed E-state index contributed by atoms with van der Waals surface area (Å²) in [6, 6.07) is 11.7. The van der Waals surface area contributed by atoms with Crippen LogP contribution in [0.2, 0.25) is 15.1 Å². The van der Waals surface area contributed by atoms with Crippen LogP contribution in [-0.4, -0.2) is 34.2 Å². The van der Waals surface area contributed by atoms with Gasteiger partial charge in [-0.25, -0.2) is 4.99 Å². The molecule has 0 saturated carbocycles. The Morgan fingerprint density at radius 1 is 1.15 bits per heavy atom. The van der Waals surface area contributed by atoms with Crippen molar-refractivity contribution in [2.45, 2.75) is 11.7 Å². The van der Waals surface area contributed by atoms with Crippen molar-refractivity contribution >= 4 is 74.9 Å². The summed E-state index contributed by atoms with van der Waals surface area (Å²) in [7, 11) is 1.63. The molecule has 1 aliphatic heterocycles. The van der Waals surface area contributed by atoms with Crippen LogP contribution in [0, 0.1) is 0 Å². The fraction of sp³-hybridized carbons (Fsp3) is 0.167. The summed E-state index contributed by atoms with van der Waals surface area (Å²) in [4.78, 5) is 30.8. The van der Waals surface area contributed by atoms with E-state index < -0.39 is 5.25 Å². The second kappa shape index (κ2) is 8.52. The molecular weight excluding hydrogens is 429 g/mol. The molecule has 0 aliphatic carbocycles. The molecule has 1 heterocycles. The van der Waals surface area contributed by atoms with Crippen molar-refractivity contribution in [3.63, 3.8) is 0 Å². The minimum absolute atomic E-state index is 0.0653. The number of anilines is 1. The Bertz CT molecular complexity index is 916. The third kappa shape index (κ3) is 5.17. The van der Waals surface area contributed by atoms with E-state index in [-0.39, 0.29) is 18.2 Å². The van der Waals surface area contributed by atoms with Gasteiger partial charge in [0.25, 0.3) is 0 Å². The van der Waals surface area contributed by atoms with Crippen LogP contribution in [-0.2, 0) is 9.59 Å². The van der Waals surface area contributed by atoms with E-state index in [4.69, 9.17) is 34.8 Å². The zero-order chi connectivity index (χ0) is 19.6. The highest BCUT2D eigenvalue weighted by atomic mass is 35.5. The van der Waals surface area contributed by atoms with Crippen LogP contribution in [0.25, 0.3) is 0 Å². The van der Waals surface area contributed by atoms with E-state index in [1.807, 2.05) is 0 Å². The lowest BCUT2D eigenvalue weighted by Crippen LogP contribution is -2.43. The van der Waals surface area contributed by atoms with Gasteiger partial charge in [0.1, 0.15) is 5.25 Å². The first-order valence-corrected chi connectivity index (χ1v) is 9.87. The lowest BCUT2D eigenvalue weighted by Gasteiger charge is -2.28. The molecule has 2 aromatic rings. The third-order valence-corrected chi connectivity index (χ3v) is 5.64. The number of amidine groups is 1.